The Kier molecular flexibility index (Phi) is 4.66. The maximum absolute atomic E-state index is 13.1. The highest BCUT2D eigenvalue weighted by atomic mass is 19.1. The van der Waals surface area contributed by atoms with Crippen molar-refractivity contribution in [3.05, 3.63) is 41.7 Å². The Hall–Kier alpha value is -1.68. The van der Waals surface area contributed by atoms with Crippen molar-refractivity contribution >= 4 is 12.0 Å². The molecule has 16 heavy (non-hydrogen) atoms. The van der Waals surface area contributed by atoms with Gasteiger partial charge in [0.05, 0.1) is 6.10 Å². The Bertz CT molecular complexity index is 388. The molecular formula is C12H14FNO2. The summed E-state index contributed by atoms with van der Waals surface area (Å²) in [6, 6.07) is 6.18. The van der Waals surface area contributed by atoms with Crippen LogP contribution in [0, 0.1) is 5.82 Å². The minimum atomic E-state index is -0.592. The molecule has 86 valence electrons. The molecule has 0 fully saturated rings. The van der Waals surface area contributed by atoms with E-state index in [1.807, 2.05) is 0 Å². The van der Waals surface area contributed by atoms with Gasteiger partial charge in [0.15, 0.2) is 0 Å². The van der Waals surface area contributed by atoms with Gasteiger partial charge < -0.3 is 10.4 Å². The fourth-order valence-electron chi connectivity index (χ4n) is 1.08. The number of amides is 1. The molecule has 1 rings (SSSR count). The smallest absolute Gasteiger partial charge is 0.244 e. The lowest BCUT2D eigenvalue weighted by molar-refractivity contribution is -0.116. The second kappa shape index (κ2) is 6.02. The molecule has 0 radical (unpaired) electrons. The average Bonchev–Trinajstić information content (AvgIpc) is 2.25. The fourth-order valence-corrected chi connectivity index (χ4v) is 1.08. The van der Waals surface area contributed by atoms with E-state index in [2.05, 4.69) is 5.32 Å². The van der Waals surface area contributed by atoms with Crippen molar-refractivity contribution in [2.45, 2.75) is 13.0 Å². The van der Waals surface area contributed by atoms with Crippen molar-refractivity contribution in [2.75, 3.05) is 6.54 Å². The minimum absolute atomic E-state index is 0.181. The van der Waals surface area contributed by atoms with Crippen molar-refractivity contribution in [3.63, 3.8) is 0 Å². The Morgan fingerprint density at radius 3 is 2.88 bits per heavy atom. The average molecular weight is 223 g/mol. The third-order valence-corrected chi connectivity index (χ3v) is 1.89. The molecule has 1 atom stereocenters. The predicted molar refractivity (Wildman–Crippen MR) is 60.1 cm³/mol. The summed E-state index contributed by atoms with van der Waals surface area (Å²) in [6.45, 7) is 1.75. The van der Waals surface area contributed by atoms with Crippen LogP contribution in [0.1, 0.15) is 12.5 Å². The first kappa shape index (κ1) is 12.4. The van der Waals surface area contributed by atoms with Crippen molar-refractivity contribution in [3.8, 4) is 0 Å². The van der Waals surface area contributed by atoms with E-state index in [0.717, 1.165) is 0 Å². The summed E-state index contributed by atoms with van der Waals surface area (Å²) >= 11 is 0. The molecule has 2 N–H and O–H groups in total. The molecule has 0 aromatic heterocycles. The van der Waals surface area contributed by atoms with E-state index in [1.54, 1.807) is 25.1 Å². The molecule has 1 amide bonds. The molecule has 1 aromatic carbocycles. The number of carbonyl (C=O) groups is 1. The minimum Gasteiger partial charge on any atom is -0.392 e. The number of hydrogen-bond donors (Lipinski definition) is 2. The zero-order valence-corrected chi connectivity index (χ0v) is 8.98. The van der Waals surface area contributed by atoms with Crippen LogP contribution >= 0.6 is 0 Å². The van der Waals surface area contributed by atoms with Crippen LogP contribution in [0.4, 0.5) is 4.39 Å². The number of benzene rings is 1. The third-order valence-electron chi connectivity index (χ3n) is 1.89. The summed E-state index contributed by atoms with van der Waals surface area (Å²) < 4.78 is 13.1. The Balaban J connectivity index is 2.54. The van der Waals surface area contributed by atoms with Crippen molar-refractivity contribution in [2.24, 2.45) is 0 Å². The van der Waals surface area contributed by atoms with Gasteiger partial charge in [-0.25, -0.2) is 4.39 Å². The molecule has 0 heterocycles. The highest BCUT2D eigenvalue weighted by Gasteiger charge is 1.99. The highest BCUT2D eigenvalue weighted by molar-refractivity contribution is 5.91. The van der Waals surface area contributed by atoms with Crippen molar-refractivity contribution in [1.29, 1.82) is 0 Å². The first-order chi connectivity index (χ1) is 7.59. The topological polar surface area (TPSA) is 49.3 Å². The van der Waals surface area contributed by atoms with Crippen LogP contribution in [-0.4, -0.2) is 23.7 Å². The van der Waals surface area contributed by atoms with Gasteiger partial charge in [-0.05, 0) is 19.1 Å². The Labute approximate surface area is 93.6 Å². The fraction of sp³-hybridized carbons (Fsp3) is 0.250. The number of carbonyl (C=O) groups excluding carboxylic acids is 1. The number of rotatable bonds is 4. The molecule has 0 saturated heterocycles. The maximum atomic E-state index is 13.1. The van der Waals surface area contributed by atoms with Gasteiger partial charge in [0.25, 0.3) is 0 Å². The van der Waals surface area contributed by atoms with Crippen LogP contribution in [0.2, 0.25) is 0 Å². The summed E-state index contributed by atoms with van der Waals surface area (Å²) in [5.74, 6) is -0.730. The summed E-state index contributed by atoms with van der Waals surface area (Å²) in [4.78, 5) is 11.2. The largest absolute Gasteiger partial charge is 0.392 e. The third kappa shape index (κ3) is 4.23. The zero-order valence-electron chi connectivity index (χ0n) is 8.98. The summed E-state index contributed by atoms with van der Waals surface area (Å²) in [7, 11) is 0. The second-order valence-electron chi connectivity index (χ2n) is 3.45. The van der Waals surface area contributed by atoms with Crippen LogP contribution in [0.5, 0.6) is 0 Å². The number of halogens is 1. The van der Waals surface area contributed by atoms with E-state index < -0.39 is 6.10 Å². The molecule has 3 nitrogen and oxygen atoms in total. The maximum Gasteiger partial charge on any atom is 0.244 e. The molecular weight excluding hydrogens is 209 g/mol. The van der Waals surface area contributed by atoms with Gasteiger partial charge in [0, 0.05) is 18.2 Å². The first-order valence-corrected chi connectivity index (χ1v) is 4.98. The van der Waals surface area contributed by atoms with Gasteiger partial charge >= 0.3 is 0 Å². The van der Waals surface area contributed by atoms with Crippen LogP contribution in [0.3, 0.4) is 0 Å². The normalized spacial score (nSPS) is 12.7. The number of aliphatic hydroxyl groups excluding tert-OH is 1. The van der Waals surface area contributed by atoms with Crippen LogP contribution < -0.4 is 5.32 Å². The molecule has 0 aliphatic carbocycles. The standard InChI is InChI=1S/C12H14FNO2/c1-9(15)8-14-12(16)7-6-10-4-2-3-5-11(10)13/h2-7,9,15H,8H2,1H3,(H,14,16)/b7-6+/t9-/m1/s1. The van der Waals surface area contributed by atoms with Gasteiger partial charge in [0.2, 0.25) is 5.91 Å². The van der Waals surface area contributed by atoms with Gasteiger partial charge in [-0.15, -0.1) is 0 Å². The second-order valence-corrected chi connectivity index (χ2v) is 3.45. The van der Waals surface area contributed by atoms with Crippen molar-refractivity contribution in [1.82, 2.24) is 5.32 Å². The lowest BCUT2D eigenvalue weighted by atomic mass is 10.2. The van der Waals surface area contributed by atoms with Gasteiger partial charge in [-0.2, -0.15) is 0 Å². The SMILES string of the molecule is C[C@@H](O)CNC(=O)/C=C/c1ccccc1F. The lowest BCUT2D eigenvalue weighted by Gasteiger charge is -2.03. The number of aliphatic hydroxyl groups is 1. The van der Waals surface area contributed by atoms with Crippen LogP contribution in [0.25, 0.3) is 6.08 Å². The van der Waals surface area contributed by atoms with E-state index in [-0.39, 0.29) is 18.3 Å². The molecule has 0 aliphatic rings. The number of nitrogens with one attached hydrogen (secondary N) is 1. The van der Waals surface area contributed by atoms with E-state index in [9.17, 15) is 9.18 Å². The molecule has 0 unspecified atom stereocenters. The summed E-state index contributed by atoms with van der Waals surface area (Å²) in [5.41, 5.74) is 0.356. The highest BCUT2D eigenvalue weighted by Crippen LogP contribution is 2.07. The molecule has 1 aromatic rings. The molecule has 0 saturated carbocycles. The zero-order chi connectivity index (χ0) is 12.0. The monoisotopic (exact) mass is 223 g/mol. The van der Waals surface area contributed by atoms with E-state index in [1.165, 1.54) is 18.2 Å². The van der Waals surface area contributed by atoms with E-state index in [4.69, 9.17) is 5.11 Å². The molecule has 0 bridgehead atoms. The molecule has 0 aliphatic heterocycles. The van der Waals surface area contributed by atoms with Gasteiger partial charge in [-0.3, -0.25) is 4.79 Å². The number of hydrogen-bond acceptors (Lipinski definition) is 2. The summed E-state index contributed by atoms with van der Waals surface area (Å²) in [5, 5.41) is 11.4. The Morgan fingerprint density at radius 2 is 2.25 bits per heavy atom. The molecule has 4 heteroatoms. The van der Waals surface area contributed by atoms with E-state index >= 15 is 0 Å². The van der Waals surface area contributed by atoms with Gasteiger partial charge in [-0.1, -0.05) is 18.2 Å². The van der Waals surface area contributed by atoms with Gasteiger partial charge in [0.1, 0.15) is 5.82 Å². The van der Waals surface area contributed by atoms with E-state index in [0.29, 0.717) is 5.56 Å². The quantitative estimate of drug-likeness (QED) is 0.757. The van der Waals surface area contributed by atoms with Crippen LogP contribution in [-0.2, 0) is 4.79 Å². The first-order valence-electron chi connectivity index (χ1n) is 4.98. The summed E-state index contributed by atoms with van der Waals surface area (Å²) in [6.07, 6.45) is 2.04. The Morgan fingerprint density at radius 1 is 1.56 bits per heavy atom. The molecule has 0 spiro atoms. The lowest BCUT2D eigenvalue weighted by Crippen LogP contribution is -2.28. The van der Waals surface area contributed by atoms with Crippen molar-refractivity contribution < 1.29 is 14.3 Å². The van der Waals surface area contributed by atoms with Crippen LogP contribution in [0.15, 0.2) is 30.3 Å². The predicted octanol–water partition coefficient (Wildman–Crippen LogP) is 1.34.